The van der Waals surface area contributed by atoms with E-state index in [1.165, 1.54) is 29.2 Å². The van der Waals surface area contributed by atoms with Gasteiger partial charge in [0.1, 0.15) is 17.2 Å². The second kappa shape index (κ2) is 13.2. The zero-order valence-electron chi connectivity index (χ0n) is 21.4. The molecule has 0 saturated heterocycles. The van der Waals surface area contributed by atoms with Gasteiger partial charge in [-0.05, 0) is 81.3 Å². The number of ether oxygens (including phenoxy) is 1. The van der Waals surface area contributed by atoms with Gasteiger partial charge in [0.05, 0.1) is 0 Å². The Kier molecular flexibility index (Phi) is 10.7. The van der Waals surface area contributed by atoms with E-state index in [-0.39, 0.29) is 35.5 Å². The SMILES string of the molecule is C[C@@H](CCN(C)C(=O)OC(C)(C)C)CC(=O)NCCCC(c1ccc(F)cc1)c1ccc(F)cc1. The third-order valence-corrected chi connectivity index (χ3v) is 5.73. The molecule has 1 atom stereocenters. The van der Waals surface area contributed by atoms with Crippen LogP contribution < -0.4 is 5.32 Å². The molecule has 0 heterocycles. The second-order valence-corrected chi connectivity index (χ2v) is 10.1. The Hall–Kier alpha value is -2.96. The van der Waals surface area contributed by atoms with E-state index in [0.717, 1.165) is 24.0 Å². The van der Waals surface area contributed by atoms with E-state index in [9.17, 15) is 18.4 Å². The van der Waals surface area contributed by atoms with Crippen molar-refractivity contribution in [1.29, 1.82) is 0 Å². The first-order valence-corrected chi connectivity index (χ1v) is 12.2. The van der Waals surface area contributed by atoms with Gasteiger partial charge in [0, 0.05) is 32.5 Å². The van der Waals surface area contributed by atoms with Crippen molar-refractivity contribution in [2.45, 2.75) is 64.9 Å². The van der Waals surface area contributed by atoms with Crippen molar-refractivity contribution in [3.05, 3.63) is 71.3 Å². The standard InChI is InChI=1S/C28H38F2N2O3/c1-20(16-18-32(5)27(34)35-28(2,3)4)19-26(33)31-17-6-7-25(21-8-12-23(29)13-9-21)22-10-14-24(30)15-11-22/h8-15,20,25H,6-7,16-19H2,1-5H3,(H,31,33)/t20-/m0/s1. The van der Waals surface area contributed by atoms with Crippen molar-refractivity contribution >= 4 is 12.0 Å². The van der Waals surface area contributed by atoms with E-state index in [1.807, 2.05) is 27.7 Å². The van der Waals surface area contributed by atoms with Crippen LogP contribution in [0.15, 0.2) is 48.5 Å². The Morgan fingerprint density at radius 2 is 1.46 bits per heavy atom. The van der Waals surface area contributed by atoms with Gasteiger partial charge in [-0.15, -0.1) is 0 Å². The second-order valence-electron chi connectivity index (χ2n) is 10.1. The van der Waals surface area contributed by atoms with Crippen LogP contribution in [0.3, 0.4) is 0 Å². The lowest BCUT2D eigenvalue weighted by Crippen LogP contribution is -2.35. The van der Waals surface area contributed by atoms with Crippen LogP contribution in [0.25, 0.3) is 0 Å². The molecule has 0 fully saturated rings. The van der Waals surface area contributed by atoms with Crippen LogP contribution >= 0.6 is 0 Å². The number of rotatable bonds is 11. The molecule has 2 rings (SSSR count). The lowest BCUT2D eigenvalue weighted by Gasteiger charge is -2.25. The summed E-state index contributed by atoms with van der Waals surface area (Å²) in [6.45, 7) is 8.50. The Morgan fingerprint density at radius 3 is 1.94 bits per heavy atom. The molecule has 0 unspecified atom stereocenters. The lowest BCUT2D eigenvalue weighted by atomic mass is 9.87. The quantitative estimate of drug-likeness (QED) is 0.379. The van der Waals surface area contributed by atoms with Crippen molar-refractivity contribution in [3.8, 4) is 0 Å². The van der Waals surface area contributed by atoms with Crippen LogP contribution in [0.4, 0.5) is 13.6 Å². The normalized spacial score (nSPS) is 12.3. The molecular formula is C28H38F2N2O3. The van der Waals surface area contributed by atoms with Gasteiger partial charge in [-0.3, -0.25) is 4.79 Å². The van der Waals surface area contributed by atoms with Gasteiger partial charge in [0.25, 0.3) is 0 Å². The fourth-order valence-corrected chi connectivity index (χ4v) is 3.79. The maximum Gasteiger partial charge on any atom is 0.410 e. The Balaban J connectivity index is 1.78. The number of halogens is 2. The number of hydrogen-bond donors (Lipinski definition) is 1. The predicted octanol–water partition coefficient (Wildman–Crippen LogP) is 6.28. The molecule has 0 radical (unpaired) electrons. The molecular weight excluding hydrogens is 450 g/mol. The van der Waals surface area contributed by atoms with Crippen molar-refractivity contribution in [1.82, 2.24) is 10.2 Å². The third-order valence-electron chi connectivity index (χ3n) is 5.73. The minimum absolute atomic E-state index is 0.0181. The first-order chi connectivity index (χ1) is 16.4. The highest BCUT2D eigenvalue weighted by atomic mass is 19.1. The molecule has 0 aliphatic rings. The number of nitrogens with one attached hydrogen (secondary N) is 1. The maximum atomic E-state index is 13.4. The van der Waals surface area contributed by atoms with Crippen LogP contribution in [-0.4, -0.2) is 42.6 Å². The fraction of sp³-hybridized carbons (Fsp3) is 0.500. The molecule has 0 spiro atoms. The molecule has 2 aromatic carbocycles. The van der Waals surface area contributed by atoms with E-state index in [0.29, 0.717) is 25.9 Å². The maximum absolute atomic E-state index is 13.4. The summed E-state index contributed by atoms with van der Waals surface area (Å²) >= 11 is 0. The fourth-order valence-electron chi connectivity index (χ4n) is 3.79. The molecule has 0 aliphatic carbocycles. The molecule has 0 aliphatic heterocycles. The smallest absolute Gasteiger partial charge is 0.410 e. The van der Waals surface area contributed by atoms with Gasteiger partial charge < -0.3 is 15.0 Å². The first-order valence-electron chi connectivity index (χ1n) is 12.2. The van der Waals surface area contributed by atoms with Crippen LogP contribution in [0.2, 0.25) is 0 Å². The summed E-state index contributed by atoms with van der Waals surface area (Å²) in [5.74, 6) is -0.533. The minimum atomic E-state index is -0.538. The Bertz CT molecular complexity index is 895. The lowest BCUT2D eigenvalue weighted by molar-refractivity contribution is -0.121. The van der Waals surface area contributed by atoms with Crippen LogP contribution in [0, 0.1) is 17.6 Å². The number of carbonyl (C=O) groups excluding carboxylic acids is 2. The Morgan fingerprint density at radius 1 is 0.943 bits per heavy atom. The largest absolute Gasteiger partial charge is 0.444 e. The summed E-state index contributed by atoms with van der Waals surface area (Å²) in [5.41, 5.74) is 1.36. The van der Waals surface area contributed by atoms with Gasteiger partial charge in [-0.1, -0.05) is 31.2 Å². The van der Waals surface area contributed by atoms with E-state index < -0.39 is 5.60 Å². The van der Waals surface area contributed by atoms with Gasteiger partial charge in [-0.25, -0.2) is 13.6 Å². The van der Waals surface area contributed by atoms with Crippen LogP contribution in [0.1, 0.15) is 70.4 Å². The van der Waals surface area contributed by atoms with Crippen LogP contribution in [0.5, 0.6) is 0 Å². The average Bonchev–Trinajstić information content (AvgIpc) is 2.78. The van der Waals surface area contributed by atoms with E-state index >= 15 is 0 Å². The molecule has 35 heavy (non-hydrogen) atoms. The molecule has 0 saturated carbocycles. The molecule has 7 heteroatoms. The predicted molar refractivity (Wildman–Crippen MR) is 134 cm³/mol. The van der Waals surface area contributed by atoms with Gasteiger partial charge >= 0.3 is 6.09 Å². The highest BCUT2D eigenvalue weighted by molar-refractivity contribution is 5.76. The highest BCUT2D eigenvalue weighted by Crippen LogP contribution is 2.29. The average molecular weight is 489 g/mol. The number of hydrogen-bond acceptors (Lipinski definition) is 3. The zero-order chi connectivity index (χ0) is 26.0. The number of benzene rings is 2. The van der Waals surface area contributed by atoms with Gasteiger partial charge in [-0.2, -0.15) is 0 Å². The summed E-state index contributed by atoms with van der Waals surface area (Å²) < 4.78 is 32.1. The van der Waals surface area contributed by atoms with E-state index in [1.54, 1.807) is 31.3 Å². The van der Waals surface area contributed by atoms with Gasteiger partial charge in [0.15, 0.2) is 0 Å². The minimum Gasteiger partial charge on any atom is -0.444 e. The van der Waals surface area contributed by atoms with Crippen molar-refractivity contribution in [2.75, 3.05) is 20.1 Å². The van der Waals surface area contributed by atoms with Crippen LogP contribution in [-0.2, 0) is 9.53 Å². The third kappa shape index (κ3) is 10.5. The molecule has 1 N–H and O–H groups in total. The zero-order valence-corrected chi connectivity index (χ0v) is 21.4. The summed E-state index contributed by atoms with van der Waals surface area (Å²) in [5, 5.41) is 2.97. The van der Waals surface area contributed by atoms with Gasteiger partial charge in [0.2, 0.25) is 5.91 Å². The first kappa shape index (κ1) is 28.3. The summed E-state index contributed by atoms with van der Waals surface area (Å²) in [4.78, 5) is 26.0. The van der Waals surface area contributed by atoms with E-state index in [2.05, 4.69) is 5.32 Å². The summed E-state index contributed by atoms with van der Waals surface area (Å²) in [7, 11) is 1.69. The molecule has 0 aromatic heterocycles. The number of carbonyl (C=O) groups is 2. The molecule has 5 nitrogen and oxygen atoms in total. The topological polar surface area (TPSA) is 58.6 Å². The van der Waals surface area contributed by atoms with Crippen molar-refractivity contribution < 1.29 is 23.1 Å². The molecule has 2 amide bonds. The summed E-state index contributed by atoms with van der Waals surface area (Å²) in [6, 6.07) is 12.7. The molecule has 0 bridgehead atoms. The highest BCUT2D eigenvalue weighted by Gasteiger charge is 2.20. The number of nitrogens with zero attached hydrogens (tertiary/aromatic N) is 1. The monoisotopic (exact) mass is 488 g/mol. The van der Waals surface area contributed by atoms with E-state index in [4.69, 9.17) is 4.74 Å². The summed E-state index contributed by atoms with van der Waals surface area (Å²) in [6.07, 6.45) is 2.15. The Labute approximate surface area is 207 Å². The molecule has 192 valence electrons. The molecule has 2 aromatic rings. The van der Waals surface area contributed by atoms with Crippen molar-refractivity contribution in [3.63, 3.8) is 0 Å². The van der Waals surface area contributed by atoms with Crippen molar-refractivity contribution in [2.24, 2.45) is 5.92 Å². The number of amides is 2.